The summed E-state index contributed by atoms with van der Waals surface area (Å²) in [4.78, 5) is 11.5. The zero-order valence-electron chi connectivity index (χ0n) is 11.8. The molecule has 1 amide bonds. The molecule has 6 nitrogen and oxygen atoms in total. The fourth-order valence-electron chi connectivity index (χ4n) is 2.99. The van der Waals surface area contributed by atoms with Crippen LogP contribution in [0.1, 0.15) is 29.6 Å². The number of rotatable bonds is 3. The number of nitrogen functional groups attached to an aromatic ring is 1. The maximum Gasteiger partial charge on any atom is 0.252 e. The Balaban J connectivity index is 1.79. The van der Waals surface area contributed by atoms with Crippen molar-refractivity contribution in [2.75, 3.05) is 25.6 Å². The maximum atomic E-state index is 11.5. The number of hydrogen-bond acceptors (Lipinski definition) is 5. The third-order valence-corrected chi connectivity index (χ3v) is 4.11. The molecule has 3 rings (SSSR count). The minimum Gasteiger partial charge on any atom is -0.487 e. The Kier molecular flexibility index (Phi) is 3.73. The van der Waals surface area contributed by atoms with Crippen LogP contribution in [0.25, 0.3) is 0 Å². The molecular weight excluding hydrogens is 272 g/mol. The Morgan fingerprint density at radius 3 is 2.95 bits per heavy atom. The molecule has 4 N–H and O–H groups in total. The van der Waals surface area contributed by atoms with Crippen molar-refractivity contribution in [3.8, 4) is 5.75 Å². The van der Waals surface area contributed by atoms with Crippen LogP contribution in [0.3, 0.4) is 0 Å². The molecule has 2 saturated heterocycles. The average Bonchev–Trinajstić information content (AvgIpc) is 2.89. The second-order valence-corrected chi connectivity index (χ2v) is 5.65. The molecule has 2 heterocycles. The summed E-state index contributed by atoms with van der Waals surface area (Å²) in [6.07, 6.45) is 2.32. The van der Waals surface area contributed by atoms with Crippen molar-refractivity contribution in [2.45, 2.75) is 31.0 Å². The Morgan fingerprint density at radius 1 is 1.38 bits per heavy atom. The van der Waals surface area contributed by atoms with E-state index in [4.69, 9.17) is 25.7 Å². The number of carbonyl (C=O) groups excluding carboxylic acids is 1. The number of benzene rings is 1. The molecule has 0 bridgehead atoms. The van der Waals surface area contributed by atoms with E-state index in [0.717, 1.165) is 19.3 Å². The maximum absolute atomic E-state index is 11.5. The lowest BCUT2D eigenvalue weighted by atomic mass is 9.91. The lowest BCUT2D eigenvalue weighted by Gasteiger charge is -2.37. The Labute approximate surface area is 123 Å². The number of amides is 1. The third kappa shape index (κ3) is 2.82. The summed E-state index contributed by atoms with van der Waals surface area (Å²) in [7, 11) is 0. The zero-order valence-corrected chi connectivity index (χ0v) is 11.8. The quantitative estimate of drug-likeness (QED) is 0.813. The average molecular weight is 292 g/mol. The second kappa shape index (κ2) is 5.54. The van der Waals surface area contributed by atoms with Crippen LogP contribution in [0.4, 0.5) is 5.69 Å². The van der Waals surface area contributed by atoms with Gasteiger partial charge in [-0.15, -0.1) is 0 Å². The van der Waals surface area contributed by atoms with Gasteiger partial charge >= 0.3 is 0 Å². The summed E-state index contributed by atoms with van der Waals surface area (Å²) in [5.74, 6) is -0.158. The van der Waals surface area contributed by atoms with Crippen molar-refractivity contribution in [3.05, 3.63) is 23.8 Å². The third-order valence-electron chi connectivity index (χ3n) is 4.11. The highest BCUT2D eigenvalue weighted by Gasteiger charge is 2.42. The Hall–Kier alpha value is -1.79. The molecule has 2 unspecified atom stereocenters. The van der Waals surface area contributed by atoms with Gasteiger partial charge < -0.3 is 25.7 Å². The van der Waals surface area contributed by atoms with Gasteiger partial charge in [-0.1, -0.05) is 6.07 Å². The van der Waals surface area contributed by atoms with Crippen LogP contribution in [-0.2, 0) is 9.47 Å². The molecule has 2 atom stereocenters. The van der Waals surface area contributed by atoms with Crippen molar-refractivity contribution in [2.24, 2.45) is 5.73 Å². The molecule has 114 valence electrons. The molecule has 1 spiro atoms. The first kappa shape index (κ1) is 14.2. The van der Waals surface area contributed by atoms with E-state index < -0.39 is 5.91 Å². The standard InChI is InChI=1S/C15H20N2O4/c16-12-3-1-2-11(14(17)18)13(12)21-10-4-6-20-15(8-10)5-7-19-9-15/h1-3,10H,4-9,16H2,(H2,17,18). The van der Waals surface area contributed by atoms with Crippen molar-refractivity contribution in [3.63, 3.8) is 0 Å². The Morgan fingerprint density at radius 2 is 2.24 bits per heavy atom. The Bertz CT molecular complexity index is 540. The molecule has 2 aliphatic heterocycles. The van der Waals surface area contributed by atoms with Gasteiger partial charge in [0.05, 0.1) is 30.1 Å². The predicted molar refractivity (Wildman–Crippen MR) is 77.1 cm³/mol. The van der Waals surface area contributed by atoms with Crippen molar-refractivity contribution in [1.82, 2.24) is 0 Å². The number of nitrogens with two attached hydrogens (primary N) is 2. The molecule has 2 aliphatic rings. The predicted octanol–water partition coefficient (Wildman–Crippen LogP) is 1.08. The highest BCUT2D eigenvalue weighted by Crippen LogP contribution is 2.36. The van der Waals surface area contributed by atoms with Crippen LogP contribution in [0.2, 0.25) is 0 Å². The number of ether oxygens (including phenoxy) is 3. The summed E-state index contributed by atoms with van der Waals surface area (Å²) in [5.41, 5.74) is 11.8. The summed E-state index contributed by atoms with van der Waals surface area (Å²) >= 11 is 0. The van der Waals surface area contributed by atoms with Gasteiger partial charge in [0.1, 0.15) is 6.10 Å². The first-order valence-corrected chi connectivity index (χ1v) is 7.16. The summed E-state index contributed by atoms with van der Waals surface area (Å²) < 4.78 is 17.3. The number of carbonyl (C=O) groups is 1. The number of primary amides is 1. The minimum atomic E-state index is -0.539. The van der Waals surface area contributed by atoms with Crippen LogP contribution < -0.4 is 16.2 Å². The van der Waals surface area contributed by atoms with E-state index in [9.17, 15) is 4.79 Å². The van der Waals surface area contributed by atoms with E-state index in [0.29, 0.717) is 36.8 Å². The van der Waals surface area contributed by atoms with Gasteiger partial charge in [0.15, 0.2) is 5.75 Å². The van der Waals surface area contributed by atoms with E-state index in [1.807, 2.05) is 0 Å². The molecule has 2 fully saturated rings. The molecule has 0 aromatic heterocycles. The lowest BCUT2D eigenvalue weighted by Crippen LogP contribution is -2.44. The van der Waals surface area contributed by atoms with Crippen LogP contribution in [0, 0.1) is 0 Å². The fraction of sp³-hybridized carbons (Fsp3) is 0.533. The summed E-state index contributed by atoms with van der Waals surface area (Å²) in [5, 5.41) is 0. The molecule has 0 aliphatic carbocycles. The monoisotopic (exact) mass is 292 g/mol. The van der Waals surface area contributed by atoms with Crippen LogP contribution >= 0.6 is 0 Å². The highest BCUT2D eigenvalue weighted by molar-refractivity contribution is 5.97. The first-order chi connectivity index (χ1) is 10.1. The van der Waals surface area contributed by atoms with Crippen molar-refractivity contribution < 1.29 is 19.0 Å². The number of anilines is 1. The van der Waals surface area contributed by atoms with Gasteiger partial charge in [0, 0.05) is 25.9 Å². The van der Waals surface area contributed by atoms with Gasteiger partial charge in [-0.3, -0.25) is 4.79 Å². The number of hydrogen-bond donors (Lipinski definition) is 2. The van der Waals surface area contributed by atoms with Gasteiger partial charge in [-0.25, -0.2) is 0 Å². The molecule has 6 heteroatoms. The highest BCUT2D eigenvalue weighted by atomic mass is 16.6. The van der Waals surface area contributed by atoms with E-state index >= 15 is 0 Å². The van der Waals surface area contributed by atoms with E-state index in [1.165, 1.54) is 0 Å². The molecule has 21 heavy (non-hydrogen) atoms. The molecule has 0 saturated carbocycles. The molecule has 0 radical (unpaired) electrons. The topological polar surface area (TPSA) is 96.8 Å². The number of para-hydroxylation sites is 1. The second-order valence-electron chi connectivity index (χ2n) is 5.65. The van der Waals surface area contributed by atoms with Gasteiger partial charge in [-0.05, 0) is 12.1 Å². The molecule has 1 aromatic rings. The largest absolute Gasteiger partial charge is 0.487 e. The summed E-state index contributed by atoms with van der Waals surface area (Å²) in [6, 6.07) is 5.02. The zero-order chi connectivity index (χ0) is 14.9. The first-order valence-electron chi connectivity index (χ1n) is 7.16. The van der Waals surface area contributed by atoms with Crippen molar-refractivity contribution in [1.29, 1.82) is 0 Å². The SMILES string of the molecule is NC(=O)c1cccc(N)c1OC1CCOC2(CCOC2)C1. The normalized spacial score (nSPS) is 28.7. The molecular formula is C15H20N2O4. The lowest BCUT2D eigenvalue weighted by molar-refractivity contribution is -0.112. The van der Waals surface area contributed by atoms with Crippen LogP contribution in [0.15, 0.2) is 18.2 Å². The van der Waals surface area contributed by atoms with Crippen LogP contribution in [-0.4, -0.2) is 37.4 Å². The van der Waals surface area contributed by atoms with E-state index in [1.54, 1.807) is 18.2 Å². The molecule has 1 aromatic carbocycles. The smallest absolute Gasteiger partial charge is 0.252 e. The van der Waals surface area contributed by atoms with Gasteiger partial charge in [-0.2, -0.15) is 0 Å². The van der Waals surface area contributed by atoms with E-state index in [-0.39, 0.29) is 11.7 Å². The van der Waals surface area contributed by atoms with Crippen molar-refractivity contribution >= 4 is 11.6 Å². The summed E-state index contributed by atoms with van der Waals surface area (Å²) in [6.45, 7) is 1.93. The minimum absolute atomic E-state index is 0.0525. The van der Waals surface area contributed by atoms with Gasteiger partial charge in [0.2, 0.25) is 0 Å². The van der Waals surface area contributed by atoms with Crippen LogP contribution in [0.5, 0.6) is 5.75 Å². The fourth-order valence-corrected chi connectivity index (χ4v) is 2.99. The van der Waals surface area contributed by atoms with Gasteiger partial charge in [0.25, 0.3) is 5.91 Å². The van der Waals surface area contributed by atoms with E-state index in [2.05, 4.69) is 0 Å².